The van der Waals surface area contributed by atoms with Crippen LogP contribution in [0.2, 0.25) is 0 Å². The molecule has 0 bridgehead atoms. The molecule has 80 valence electrons. The summed E-state index contributed by atoms with van der Waals surface area (Å²) < 4.78 is 5.29. The molecule has 0 saturated carbocycles. The standard InChI is InChI=1S/C13H17NO/c1-10-8-12(6-4-5-7-14)9-11(2)13(10)15-3/h8-9H,5,7,14H2,1-3H3. The highest BCUT2D eigenvalue weighted by atomic mass is 16.5. The molecule has 0 saturated heterocycles. The number of hydrogen-bond donors (Lipinski definition) is 1. The van der Waals surface area contributed by atoms with Gasteiger partial charge in [-0.25, -0.2) is 0 Å². The Kier molecular flexibility index (Phi) is 4.20. The Balaban J connectivity index is 3.00. The van der Waals surface area contributed by atoms with E-state index in [0.29, 0.717) is 6.54 Å². The zero-order valence-electron chi connectivity index (χ0n) is 9.55. The molecule has 0 fully saturated rings. The van der Waals surface area contributed by atoms with Gasteiger partial charge in [0.05, 0.1) is 7.11 Å². The van der Waals surface area contributed by atoms with E-state index in [4.69, 9.17) is 10.5 Å². The van der Waals surface area contributed by atoms with Crippen molar-refractivity contribution in [2.75, 3.05) is 13.7 Å². The van der Waals surface area contributed by atoms with Crippen molar-refractivity contribution in [2.24, 2.45) is 5.73 Å². The average Bonchev–Trinajstić information content (AvgIpc) is 2.18. The Morgan fingerprint density at radius 2 is 1.87 bits per heavy atom. The minimum Gasteiger partial charge on any atom is -0.496 e. The van der Waals surface area contributed by atoms with Crippen LogP contribution in [0.1, 0.15) is 23.1 Å². The summed E-state index contributed by atoms with van der Waals surface area (Å²) >= 11 is 0. The number of aryl methyl sites for hydroxylation is 2. The number of hydrogen-bond acceptors (Lipinski definition) is 2. The van der Waals surface area contributed by atoms with Crippen molar-refractivity contribution < 1.29 is 4.74 Å². The van der Waals surface area contributed by atoms with Gasteiger partial charge in [0.2, 0.25) is 0 Å². The number of benzene rings is 1. The Hall–Kier alpha value is -1.46. The van der Waals surface area contributed by atoms with Crippen molar-refractivity contribution in [3.63, 3.8) is 0 Å². The SMILES string of the molecule is COc1c(C)cc(C#CCCN)cc1C. The van der Waals surface area contributed by atoms with Gasteiger partial charge in [0.15, 0.2) is 0 Å². The first-order chi connectivity index (χ1) is 7.19. The van der Waals surface area contributed by atoms with Crippen LogP contribution in [0, 0.1) is 25.7 Å². The van der Waals surface area contributed by atoms with E-state index in [2.05, 4.69) is 11.8 Å². The molecular weight excluding hydrogens is 186 g/mol. The predicted octanol–water partition coefficient (Wildman–Crippen LogP) is 2.01. The molecule has 0 heterocycles. The van der Waals surface area contributed by atoms with Gasteiger partial charge in [-0.05, 0) is 37.1 Å². The van der Waals surface area contributed by atoms with Gasteiger partial charge >= 0.3 is 0 Å². The normalized spacial score (nSPS) is 9.33. The number of rotatable bonds is 2. The van der Waals surface area contributed by atoms with Gasteiger partial charge in [0, 0.05) is 18.5 Å². The van der Waals surface area contributed by atoms with E-state index >= 15 is 0 Å². The molecule has 15 heavy (non-hydrogen) atoms. The summed E-state index contributed by atoms with van der Waals surface area (Å²) in [6, 6.07) is 4.07. The Labute approximate surface area is 91.4 Å². The van der Waals surface area contributed by atoms with E-state index in [1.165, 1.54) is 0 Å². The zero-order chi connectivity index (χ0) is 11.3. The first-order valence-corrected chi connectivity index (χ1v) is 5.03. The maximum absolute atomic E-state index is 5.38. The number of nitrogens with two attached hydrogens (primary N) is 1. The van der Waals surface area contributed by atoms with Crippen molar-refractivity contribution >= 4 is 0 Å². The molecule has 0 unspecified atom stereocenters. The van der Waals surface area contributed by atoms with Gasteiger partial charge in [-0.2, -0.15) is 0 Å². The van der Waals surface area contributed by atoms with Crippen LogP contribution in [-0.2, 0) is 0 Å². The molecule has 0 aromatic heterocycles. The van der Waals surface area contributed by atoms with E-state index in [1.54, 1.807) is 7.11 Å². The zero-order valence-corrected chi connectivity index (χ0v) is 9.55. The van der Waals surface area contributed by atoms with Crippen LogP contribution in [-0.4, -0.2) is 13.7 Å². The van der Waals surface area contributed by atoms with Crippen LogP contribution in [0.3, 0.4) is 0 Å². The van der Waals surface area contributed by atoms with Gasteiger partial charge in [0.1, 0.15) is 5.75 Å². The quantitative estimate of drug-likeness (QED) is 0.746. The summed E-state index contributed by atoms with van der Waals surface area (Å²) in [6.07, 6.45) is 0.740. The first kappa shape index (κ1) is 11.6. The van der Waals surface area contributed by atoms with Crippen molar-refractivity contribution in [3.8, 4) is 17.6 Å². The molecule has 1 aromatic carbocycles. The summed E-state index contributed by atoms with van der Waals surface area (Å²) in [6.45, 7) is 4.67. The molecule has 1 aromatic rings. The molecule has 1 rings (SSSR count). The summed E-state index contributed by atoms with van der Waals surface area (Å²) in [7, 11) is 1.69. The lowest BCUT2D eigenvalue weighted by Gasteiger charge is -2.08. The van der Waals surface area contributed by atoms with Gasteiger partial charge in [-0.3, -0.25) is 0 Å². The van der Waals surface area contributed by atoms with Crippen LogP contribution in [0.25, 0.3) is 0 Å². The third-order valence-corrected chi connectivity index (χ3v) is 2.17. The maximum Gasteiger partial charge on any atom is 0.124 e. The topological polar surface area (TPSA) is 35.2 Å². The molecule has 0 aliphatic heterocycles. The van der Waals surface area contributed by atoms with Gasteiger partial charge in [-0.1, -0.05) is 11.8 Å². The summed E-state index contributed by atoms with van der Waals surface area (Å²) in [5.41, 5.74) is 8.64. The molecule has 0 atom stereocenters. The Morgan fingerprint density at radius 3 is 2.33 bits per heavy atom. The third-order valence-electron chi connectivity index (χ3n) is 2.17. The molecule has 0 aliphatic carbocycles. The molecule has 0 amide bonds. The highest BCUT2D eigenvalue weighted by Gasteiger charge is 2.03. The highest BCUT2D eigenvalue weighted by Crippen LogP contribution is 2.23. The van der Waals surface area contributed by atoms with E-state index in [-0.39, 0.29) is 0 Å². The molecule has 2 nitrogen and oxygen atoms in total. The van der Waals surface area contributed by atoms with Crippen LogP contribution in [0.4, 0.5) is 0 Å². The van der Waals surface area contributed by atoms with Crippen molar-refractivity contribution in [1.82, 2.24) is 0 Å². The van der Waals surface area contributed by atoms with Gasteiger partial charge in [-0.15, -0.1) is 0 Å². The Bertz CT molecular complexity index is 376. The lowest BCUT2D eigenvalue weighted by Crippen LogP contribution is -1.95. The average molecular weight is 203 g/mol. The molecular formula is C13H17NO. The predicted molar refractivity (Wildman–Crippen MR) is 63.0 cm³/mol. The van der Waals surface area contributed by atoms with E-state index in [9.17, 15) is 0 Å². The molecule has 0 aliphatic rings. The Morgan fingerprint density at radius 1 is 1.27 bits per heavy atom. The van der Waals surface area contributed by atoms with Crippen LogP contribution in [0.15, 0.2) is 12.1 Å². The van der Waals surface area contributed by atoms with Crippen LogP contribution < -0.4 is 10.5 Å². The second-order valence-electron chi connectivity index (χ2n) is 3.48. The smallest absolute Gasteiger partial charge is 0.124 e. The second kappa shape index (κ2) is 5.43. The minimum absolute atomic E-state index is 0.612. The van der Waals surface area contributed by atoms with Gasteiger partial charge in [0.25, 0.3) is 0 Å². The molecule has 0 spiro atoms. The van der Waals surface area contributed by atoms with Gasteiger partial charge < -0.3 is 10.5 Å². The van der Waals surface area contributed by atoms with E-state index in [0.717, 1.165) is 28.9 Å². The van der Waals surface area contributed by atoms with Crippen molar-refractivity contribution in [3.05, 3.63) is 28.8 Å². The fourth-order valence-corrected chi connectivity index (χ4v) is 1.58. The monoisotopic (exact) mass is 203 g/mol. The van der Waals surface area contributed by atoms with Crippen LogP contribution >= 0.6 is 0 Å². The van der Waals surface area contributed by atoms with E-state index < -0.39 is 0 Å². The third kappa shape index (κ3) is 3.00. The fourth-order valence-electron chi connectivity index (χ4n) is 1.58. The molecule has 2 heteroatoms. The maximum atomic E-state index is 5.38. The van der Waals surface area contributed by atoms with Crippen molar-refractivity contribution in [2.45, 2.75) is 20.3 Å². The summed E-state index contributed by atoms with van der Waals surface area (Å²) in [5, 5.41) is 0. The number of ether oxygens (including phenoxy) is 1. The van der Waals surface area contributed by atoms with Crippen LogP contribution in [0.5, 0.6) is 5.75 Å². The summed E-state index contributed by atoms with van der Waals surface area (Å²) in [4.78, 5) is 0. The number of methoxy groups -OCH3 is 1. The largest absolute Gasteiger partial charge is 0.496 e. The lowest BCUT2D eigenvalue weighted by atomic mass is 10.1. The molecule has 2 N–H and O–H groups in total. The summed E-state index contributed by atoms with van der Waals surface area (Å²) in [5.74, 6) is 7.06. The second-order valence-corrected chi connectivity index (χ2v) is 3.48. The fraction of sp³-hybridized carbons (Fsp3) is 0.385. The van der Waals surface area contributed by atoms with E-state index in [1.807, 2.05) is 26.0 Å². The lowest BCUT2D eigenvalue weighted by molar-refractivity contribution is 0.408. The van der Waals surface area contributed by atoms with Crippen molar-refractivity contribution in [1.29, 1.82) is 0 Å². The first-order valence-electron chi connectivity index (χ1n) is 5.03. The molecule has 0 radical (unpaired) electrons. The highest BCUT2D eigenvalue weighted by molar-refractivity contribution is 5.48. The minimum atomic E-state index is 0.612.